The van der Waals surface area contributed by atoms with Gasteiger partial charge in [-0.15, -0.1) is 0 Å². The Kier molecular flexibility index (Phi) is 6.06. The van der Waals surface area contributed by atoms with Crippen molar-refractivity contribution in [2.24, 2.45) is 0 Å². The number of nitrogens with zero attached hydrogens (tertiary/aromatic N) is 2. The lowest BCUT2D eigenvalue weighted by Gasteiger charge is -2.17. The van der Waals surface area contributed by atoms with Crippen molar-refractivity contribution in [3.8, 4) is 5.88 Å². The molecule has 0 saturated carbocycles. The van der Waals surface area contributed by atoms with Gasteiger partial charge in [0.05, 0.1) is 6.61 Å². The Hall–Kier alpha value is -1.32. The molecule has 0 atom stereocenters. The molecule has 0 unspecified atom stereocenters. The zero-order chi connectivity index (χ0) is 14.3. The predicted octanol–water partition coefficient (Wildman–Crippen LogP) is 3.71. The number of nitrogen functional groups attached to an aromatic ring is 1. The molecule has 4 heteroatoms. The van der Waals surface area contributed by atoms with Crippen molar-refractivity contribution in [1.29, 1.82) is 0 Å². The number of hydrogen-bond donors (Lipinski definition) is 1. The van der Waals surface area contributed by atoms with Gasteiger partial charge in [0.25, 0.3) is 0 Å². The molecule has 0 amide bonds. The Balaban J connectivity index is 2.48. The molecule has 0 fully saturated rings. The molecule has 4 nitrogen and oxygen atoms in total. The summed E-state index contributed by atoms with van der Waals surface area (Å²) in [5.41, 5.74) is 5.68. The first-order valence-corrected chi connectivity index (χ1v) is 7.21. The Morgan fingerprint density at radius 3 is 2.42 bits per heavy atom. The van der Waals surface area contributed by atoms with E-state index in [0.29, 0.717) is 18.3 Å². The van der Waals surface area contributed by atoms with Gasteiger partial charge >= 0.3 is 0 Å². The highest BCUT2D eigenvalue weighted by Gasteiger charge is 2.18. The first kappa shape index (κ1) is 15.7. The van der Waals surface area contributed by atoms with Crippen molar-refractivity contribution in [2.75, 3.05) is 12.3 Å². The van der Waals surface area contributed by atoms with E-state index < -0.39 is 0 Å². The summed E-state index contributed by atoms with van der Waals surface area (Å²) in [6, 6.07) is 1.70. The quantitative estimate of drug-likeness (QED) is 0.763. The number of anilines is 1. The van der Waals surface area contributed by atoms with Gasteiger partial charge in [-0.3, -0.25) is 0 Å². The fourth-order valence-corrected chi connectivity index (χ4v) is 1.73. The van der Waals surface area contributed by atoms with Gasteiger partial charge in [0.2, 0.25) is 5.88 Å². The molecule has 1 heterocycles. The normalized spacial score (nSPS) is 11.6. The van der Waals surface area contributed by atoms with Gasteiger partial charge < -0.3 is 10.5 Å². The molecule has 0 aliphatic carbocycles. The van der Waals surface area contributed by atoms with E-state index >= 15 is 0 Å². The lowest BCUT2D eigenvalue weighted by Crippen LogP contribution is -2.17. The topological polar surface area (TPSA) is 61.0 Å². The van der Waals surface area contributed by atoms with Crippen molar-refractivity contribution >= 4 is 5.82 Å². The van der Waals surface area contributed by atoms with E-state index in [1.807, 2.05) is 0 Å². The van der Waals surface area contributed by atoms with E-state index in [-0.39, 0.29) is 5.41 Å². The minimum Gasteiger partial charge on any atom is -0.478 e. The number of unbranched alkanes of at least 4 members (excludes halogenated alkanes) is 4. The molecule has 0 saturated heterocycles. The minimum atomic E-state index is -0.116. The van der Waals surface area contributed by atoms with E-state index in [1.54, 1.807) is 6.07 Å². The number of hydrogen-bond acceptors (Lipinski definition) is 4. The minimum absolute atomic E-state index is 0.116. The first-order chi connectivity index (χ1) is 8.93. The van der Waals surface area contributed by atoms with Crippen LogP contribution in [-0.4, -0.2) is 16.6 Å². The van der Waals surface area contributed by atoms with Gasteiger partial charge in [-0.05, 0) is 6.42 Å². The van der Waals surface area contributed by atoms with Crippen LogP contribution in [0.1, 0.15) is 65.6 Å². The molecule has 19 heavy (non-hydrogen) atoms. The third kappa shape index (κ3) is 5.90. The zero-order valence-electron chi connectivity index (χ0n) is 12.7. The van der Waals surface area contributed by atoms with Crippen LogP contribution in [0.5, 0.6) is 5.88 Å². The molecule has 0 radical (unpaired) electrons. The molecule has 0 spiro atoms. The van der Waals surface area contributed by atoms with Crippen LogP contribution < -0.4 is 10.5 Å². The monoisotopic (exact) mass is 265 g/mol. The van der Waals surface area contributed by atoms with E-state index in [2.05, 4.69) is 37.7 Å². The van der Waals surface area contributed by atoms with Gasteiger partial charge in [-0.25, -0.2) is 4.98 Å². The number of rotatable bonds is 7. The van der Waals surface area contributed by atoms with Gasteiger partial charge in [-0.1, -0.05) is 53.4 Å². The second-order valence-corrected chi connectivity index (χ2v) is 5.97. The van der Waals surface area contributed by atoms with Crippen LogP contribution >= 0.6 is 0 Å². The van der Waals surface area contributed by atoms with Crippen molar-refractivity contribution in [3.63, 3.8) is 0 Å². The fourth-order valence-electron chi connectivity index (χ4n) is 1.73. The molecular weight excluding hydrogens is 238 g/mol. The standard InChI is InChI=1S/C15H27N3O/c1-5-6-7-8-9-10-19-13-11-12(16)17-14(18-13)15(2,3)4/h11H,5-10H2,1-4H3,(H2,16,17,18). The first-order valence-electron chi connectivity index (χ1n) is 7.21. The smallest absolute Gasteiger partial charge is 0.218 e. The van der Waals surface area contributed by atoms with Crippen LogP contribution in [0.25, 0.3) is 0 Å². The predicted molar refractivity (Wildman–Crippen MR) is 79.4 cm³/mol. The van der Waals surface area contributed by atoms with Crippen LogP contribution in [0.15, 0.2) is 6.07 Å². The highest BCUT2D eigenvalue weighted by Crippen LogP contribution is 2.22. The average Bonchev–Trinajstić information content (AvgIpc) is 2.32. The molecule has 1 aromatic rings. The van der Waals surface area contributed by atoms with E-state index in [4.69, 9.17) is 10.5 Å². The van der Waals surface area contributed by atoms with Gasteiger partial charge in [-0.2, -0.15) is 4.98 Å². The lowest BCUT2D eigenvalue weighted by atomic mass is 9.96. The molecule has 2 N–H and O–H groups in total. The Labute approximate surface area is 116 Å². The van der Waals surface area contributed by atoms with Crippen LogP contribution in [0.2, 0.25) is 0 Å². The summed E-state index contributed by atoms with van der Waals surface area (Å²) < 4.78 is 5.67. The van der Waals surface area contributed by atoms with E-state index in [0.717, 1.165) is 12.2 Å². The maximum atomic E-state index is 5.79. The van der Waals surface area contributed by atoms with E-state index in [1.165, 1.54) is 25.7 Å². The molecule has 1 aromatic heterocycles. The number of nitrogens with two attached hydrogens (primary N) is 1. The van der Waals surface area contributed by atoms with Crippen LogP contribution in [-0.2, 0) is 5.41 Å². The van der Waals surface area contributed by atoms with Gasteiger partial charge in [0, 0.05) is 11.5 Å². The van der Waals surface area contributed by atoms with Gasteiger partial charge in [0.15, 0.2) is 0 Å². The summed E-state index contributed by atoms with van der Waals surface area (Å²) in [5.74, 6) is 1.79. The Morgan fingerprint density at radius 2 is 1.79 bits per heavy atom. The van der Waals surface area contributed by atoms with Crippen molar-refractivity contribution < 1.29 is 4.74 Å². The van der Waals surface area contributed by atoms with Crippen LogP contribution in [0.4, 0.5) is 5.82 Å². The summed E-state index contributed by atoms with van der Waals surface area (Å²) in [4.78, 5) is 8.69. The molecule has 108 valence electrons. The molecule has 0 aromatic carbocycles. The Morgan fingerprint density at radius 1 is 1.11 bits per heavy atom. The number of aromatic nitrogens is 2. The molecule has 1 rings (SSSR count). The molecule has 0 aliphatic heterocycles. The summed E-state index contributed by atoms with van der Waals surface area (Å²) >= 11 is 0. The molecule has 0 bridgehead atoms. The maximum absolute atomic E-state index is 5.79. The van der Waals surface area contributed by atoms with E-state index in [9.17, 15) is 0 Å². The van der Waals surface area contributed by atoms with Crippen molar-refractivity contribution in [2.45, 2.75) is 65.2 Å². The van der Waals surface area contributed by atoms with Crippen LogP contribution in [0, 0.1) is 0 Å². The highest BCUT2D eigenvalue weighted by molar-refractivity contribution is 5.34. The molecular formula is C15H27N3O. The number of ether oxygens (including phenoxy) is 1. The summed E-state index contributed by atoms with van der Waals surface area (Å²) in [6.45, 7) is 9.11. The SMILES string of the molecule is CCCCCCCOc1cc(N)nc(C(C)(C)C)n1. The lowest BCUT2D eigenvalue weighted by molar-refractivity contribution is 0.290. The second kappa shape index (κ2) is 7.31. The zero-order valence-corrected chi connectivity index (χ0v) is 12.7. The Bertz CT molecular complexity index is 385. The average molecular weight is 265 g/mol. The summed E-state index contributed by atoms with van der Waals surface area (Å²) in [7, 11) is 0. The third-order valence-electron chi connectivity index (χ3n) is 2.89. The molecule has 0 aliphatic rings. The highest BCUT2D eigenvalue weighted by atomic mass is 16.5. The van der Waals surface area contributed by atoms with Crippen molar-refractivity contribution in [3.05, 3.63) is 11.9 Å². The third-order valence-corrected chi connectivity index (χ3v) is 2.89. The van der Waals surface area contributed by atoms with Crippen LogP contribution in [0.3, 0.4) is 0 Å². The maximum Gasteiger partial charge on any atom is 0.218 e. The largest absolute Gasteiger partial charge is 0.478 e. The summed E-state index contributed by atoms with van der Waals surface area (Å²) in [5, 5.41) is 0. The summed E-state index contributed by atoms with van der Waals surface area (Å²) in [6.07, 6.45) is 6.11. The second-order valence-electron chi connectivity index (χ2n) is 5.97. The van der Waals surface area contributed by atoms with Crippen molar-refractivity contribution in [1.82, 2.24) is 9.97 Å². The van der Waals surface area contributed by atoms with Gasteiger partial charge in [0.1, 0.15) is 11.6 Å². The fraction of sp³-hybridized carbons (Fsp3) is 0.733.